The second-order valence-electron chi connectivity index (χ2n) is 9.40. The Kier molecular flexibility index (Phi) is 6.20. The molecule has 1 aliphatic carbocycles. The van der Waals surface area contributed by atoms with Crippen LogP contribution < -0.4 is 16.3 Å². The first-order valence-electron chi connectivity index (χ1n) is 11.4. The minimum absolute atomic E-state index is 0.0539. The van der Waals surface area contributed by atoms with Crippen LogP contribution in [0, 0.1) is 5.92 Å². The monoisotopic (exact) mass is 454 g/mol. The number of rotatable bonds is 6. The van der Waals surface area contributed by atoms with Crippen molar-refractivity contribution < 1.29 is 14.4 Å². The molecule has 33 heavy (non-hydrogen) atoms. The van der Waals surface area contributed by atoms with Crippen LogP contribution in [0.4, 0.5) is 4.79 Å². The fraction of sp³-hybridized carbons (Fsp3) is 0.522. The summed E-state index contributed by atoms with van der Waals surface area (Å²) in [7, 11) is 0. The fourth-order valence-electron chi connectivity index (χ4n) is 4.48. The molecule has 10 nitrogen and oxygen atoms in total. The topological polar surface area (TPSA) is 128 Å². The average Bonchev–Trinajstić information content (AvgIpc) is 2.99. The number of nitrogens with zero attached hydrogens (tertiary/aromatic N) is 3. The van der Waals surface area contributed by atoms with E-state index in [1.54, 1.807) is 23.1 Å². The summed E-state index contributed by atoms with van der Waals surface area (Å²) >= 11 is 0. The van der Waals surface area contributed by atoms with Gasteiger partial charge < -0.3 is 10.3 Å². The SMILES string of the molecule is CC1CCC2(CC1)NC(=O)N(NC(=O)CN(Cc1nc3ccccc3c(=O)[nH]1)C(C)C)C2=O. The van der Waals surface area contributed by atoms with Crippen molar-refractivity contribution in [1.29, 1.82) is 0 Å². The summed E-state index contributed by atoms with van der Waals surface area (Å²) in [4.78, 5) is 59.6. The Labute approximate surface area is 191 Å². The van der Waals surface area contributed by atoms with E-state index in [1.807, 2.05) is 19.9 Å². The van der Waals surface area contributed by atoms with Gasteiger partial charge in [0.2, 0.25) is 0 Å². The maximum Gasteiger partial charge on any atom is 0.344 e. The van der Waals surface area contributed by atoms with Crippen LogP contribution in [0.2, 0.25) is 0 Å². The van der Waals surface area contributed by atoms with Crippen molar-refractivity contribution in [2.45, 2.75) is 64.6 Å². The van der Waals surface area contributed by atoms with E-state index in [1.165, 1.54) is 0 Å². The largest absolute Gasteiger partial charge is 0.344 e. The number of aromatic amines is 1. The van der Waals surface area contributed by atoms with Gasteiger partial charge in [-0.1, -0.05) is 19.1 Å². The zero-order valence-electron chi connectivity index (χ0n) is 19.2. The van der Waals surface area contributed by atoms with Gasteiger partial charge in [0.15, 0.2) is 0 Å². The number of H-pyrrole nitrogens is 1. The molecule has 0 bridgehead atoms. The predicted octanol–water partition coefficient (Wildman–Crippen LogP) is 1.67. The van der Waals surface area contributed by atoms with E-state index in [2.05, 4.69) is 27.6 Å². The lowest BCUT2D eigenvalue weighted by molar-refractivity contribution is -0.140. The number of hydrogen-bond donors (Lipinski definition) is 3. The first kappa shape index (κ1) is 22.9. The number of aromatic nitrogens is 2. The Morgan fingerprint density at radius 1 is 1.24 bits per heavy atom. The summed E-state index contributed by atoms with van der Waals surface area (Å²) in [6.07, 6.45) is 2.85. The number of hydrogen-bond acceptors (Lipinski definition) is 6. The highest BCUT2D eigenvalue weighted by Crippen LogP contribution is 2.35. The number of carbonyl (C=O) groups excluding carboxylic acids is 3. The minimum atomic E-state index is -0.914. The van der Waals surface area contributed by atoms with Gasteiger partial charge in [0.1, 0.15) is 11.4 Å². The van der Waals surface area contributed by atoms with Crippen molar-refractivity contribution in [2.75, 3.05) is 6.54 Å². The maximum atomic E-state index is 13.0. The molecule has 176 valence electrons. The Morgan fingerprint density at radius 2 is 1.94 bits per heavy atom. The Morgan fingerprint density at radius 3 is 2.64 bits per heavy atom. The van der Waals surface area contributed by atoms with E-state index >= 15 is 0 Å². The lowest BCUT2D eigenvalue weighted by Gasteiger charge is -2.33. The number of para-hydroxylation sites is 1. The third-order valence-electron chi connectivity index (χ3n) is 6.62. The number of amides is 4. The van der Waals surface area contributed by atoms with Crippen molar-refractivity contribution in [3.8, 4) is 0 Å². The third-order valence-corrected chi connectivity index (χ3v) is 6.62. The number of carbonyl (C=O) groups is 3. The van der Waals surface area contributed by atoms with Gasteiger partial charge in [0, 0.05) is 6.04 Å². The standard InChI is InChI=1S/C23H30N6O4/c1-14(2)28(12-18-24-17-7-5-4-6-16(17)20(31)25-18)13-19(30)27-29-21(32)23(26-22(29)33)10-8-15(3)9-11-23/h4-7,14-15H,8-13H2,1-3H3,(H,26,33)(H,27,30)(H,24,25,31). The number of fused-ring (bicyclic) bond motifs is 1. The number of hydrazine groups is 1. The molecule has 1 aromatic heterocycles. The molecule has 2 aromatic rings. The maximum absolute atomic E-state index is 13.0. The highest BCUT2D eigenvalue weighted by molar-refractivity contribution is 6.08. The number of nitrogens with one attached hydrogen (secondary N) is 3. The van der Waals surface area contributed by atoms with Crippen molar-refractivity contribution in [1.82, 2.24) is 30.6 Å². The fourth-order valence-corrected chi connectivity index (χ4v) is 4.48. The van der Waals surface area contributed by atoms with Gasteiger partial charge in [-0.3, -0.25) is 24.7 Å². The quantitative estimate of drug-likeness (QED) is 0.570. The third kappa shape index (κ3) is 4.61. The van der Waals surface area contributed by atoms with Crippen molar-refractivity contribution in [3.63, 3.8) is 0 Å². The van der Waals surface area contributed by atoms with E-state index in [-0.39, 0.29) is 24.7 Å². The number of benzene rings is 1. The smallest absolute Gasteiger partial charge is 0.322 e. The summed E-state index contributed by atoms with van der Waals surface area (Å²) in [6, 6.07) is 6.40. The van der Waals surface area contributed by atoms with Gasteiger partial charge in [-0.2, -0.15) is 5.01 Å². The average molecular weight is 455 g/mol. The minimum Gasteiger partial charge on any atom is -0.322 e. The van der Waals surface area contributed by atoms with Gasteiger partial charge in [-0.05, 0) is 57.6 Å². The lowest BCUT2D eigenvalue weighted by Crippen LogP contribution is -2.53. The zero-order chi connectivity index (χ0) is 23.8. The molecule has 1 spiro atoms. The van der Waals surface area contributed by atoms with Gasteiger partial charge in [-0.25, -0.2) is 9.78 Å². The van der Waals surface area contributed by atoms with Crippen LogP contribution in [-0.2, 0) is 16.1 Å². The van der Waals surface area contributed by atoms with Crippen LogP contribution in [0.5, 0.6) is 0 Å². The van der Waals surface area contributed by atoms with Crippen LogP contribution in [0.15, 0.2) is 29.1 Å². The summed E-state index contributed by atoms with van der Waals surface area (Å²) in [5.41, 5.74) is 1.90. The van der Waals surface area contributed by atoms with E-state index in [9.17, 15) is 19.2 Å². The molecular weight excluding hydrogens is 424 g/mol. The molecule has 0 atom stereocenters. The second kappa shape index (κ2) is 8.93. The van der Waals surface area contributed by atoms with E-state index in [4.69, 9.17) is 0 Å². The molecule has 4 rings (SSSR count). The molecule has 1 saturated heterocycles. The second-order valence-corrected chi connectivity index (χ2v) is 9.40. The predicted molar refractivity (Wildman–Crippen MR) is 122 cm³/mol. The Balaban J connectivity index is 1.43. The van der Waals surface area contributed by atoms with E-state index < -0.39 is 23.4 Å². The molecule has 1 saturated carbocycles. The number of imide groups is 1. The summed E-state index contributed by atoms with van der Waals surface area (Å²) in [5, 5.41) is 4.11. The van der Waals surface area contributed by atoms with Crippen LogP contribution in [0.25, 0.3) is 10.9 Å². The molecule has 1 aromatic carbocycles. The van der Waals surface area contributed by atoms with Crippen molar-refractivity contribution in [2.24, 2.45) is 5.92 Å². The molecule has 2 aliphatic rings. The molecule has 4 amide bonds. The Hall–Kier alpha value is -3.27. The van der Waals surface area contributed by atoms with Crippen LogP contribution in [0.3, 0.4) is 0 Å². The molecule has 3 N–H and O–H groups in total. The molecular formula is C23H30N6O4. The van der Waals surface area contributed by atoms with Crippen LogP contribution in [0.1, 0.15) is 52.3 Å². The van der Waals surface area contributed by atoms with Crippen molar-refractivity contribution >= 4 is 28.7 Å². The van der Waals surface area contributed by atoms with E-state index in [0.29, 0.717) is 35.5 Å². The summed E-state index contributed by atoms with van der Waals surface area (Å²) in [6.45, 7) is 6.12. The molecule has 0 unspecified atom stereocenters. The van der Waals surface area contributed by atoms with E-state index in [0.717, 1.165) is 17.9 Å². The van der Waals surface area contributed by atoms with Crippen LogP contribution >= 0.6 is 0 Å². The van der Waals surface area contributed by atoms with Gasteiger partial charge in [0.25, 0.3) is 17.4 Å². The molecule has 2 fully saturated rings. The normalized spacial score (nSPS) is 23.1. The molecule has 10 heteroatoms. The molecule has 1 aliphatic heterocycles. The molecule has 0 radical (unpaired) electrons. The first-order chi connectivity index (χ1) is 15.7. The summed E-state index contributed by atoms with van der Waals surface area (Å²) in [5.74, 6) is 0.0603. The summed E-state index contributed by atoms with van der Waals surface area (Å²) < 4.78 is 0. The molecule has 2 heterocycles. The van der Waals surface area contributed by atoms with Crippen LogP contribution in [-0.4, -0.2) is 55.8 Å². The lowest BCUT2D eigenvalue weighted by atomic mass is 9.77. The zero-order valence-corrected chi connectivity index (χ0v) is 19.2. The number of urea groups is 1. The highest BCUT2D eigenvalue weighted by atomic mass is 16.2. The van der Waals surface area contributed by atoms with Crippen molar-refractivity contribution in [3.05, 3.63) is 40.4 Å². The van der Waals surface area contributed by atoms with Gasteiger partial charge in [-0.15, -0.1) is 0 Å². The first-order valence-corrected chi connectivity index (χ1v) is 11.4. The highest BCUT2D eigenvalue weighted by Gasteiger charge is 2.52. The Bertz CT molecular complexity index is 1140. The van der Waals surface area contributed by atoms with Gasteiger partial charge in [0.05, 0.1) is 24.0 Å². The van der Waals surface area contributed by atoms with Gasteiger partial charge >= 0.3 is 6.03 Å².